The average molecular weight is 335 g/mol. The van der Waals surface area contributed by atoms with Crippen LogP contribution in [0.15, 0.2) is 54.3 Å². The van der Waals surface area contributed by atoms with E-state index in [1.54, 1.807) is 17.5 Å². The molecule has 0 aliphatic carbocycles. The van der Waals surface area contributed by atoms with Crippen LogP contribution < -0.4 is 5.32 Å². The highest BCUT2D eigenvalue weighted by atomic mass is 32.1. The molecule has 3 heterocycles. The zero-order valence-corrected chi connectivity index (χ0v) is 14.1. The normalized spacial score (nSPS) is 11.0. The average Bonchev–Trinajstić information content (AvgIpc) is 3.23. The zero-order valence-electron chi connectivity index (χ0n) is 13.3. The summed E-state index contributed by atoms with van der Waals surface area (Å²) in [6.45, 7) is 2.19. The third kappa shape index (κ3) is 2.76. The lowest BCUT2D eigenvalue weighted by Gasteiger charge is -2.08. The molecule has 0 bridgehead atoms. The first-order valence-electron chi connectivity index (χ1n) is 7.94. The highest BCUT2D eigenvalue weighted by Gasteiger charge is 2.11. The number of fused-ring (bicyclic) bond motifs is 1. The molecular formula is C18H17N5S. The molecule has 0 unspecified atom stereocenters. The minimum absolute atomic E-state index is 0.684. The Hall–Kier alpha value is -2.73. The van der Waals surface area contributed by atoms with Gasteiger partial charge in [0.2, 0.25) is 5.78 Å². The molecule has 4 aromatic rings. The highest BCUT2D eigenvalue weighted by Crippen LogP contribution is 2.29. The van der Waals surface area contributed by atoms with Crippen molar-refractivity contribution in [3.63, 3.8) is 0 Å². The molecule has 0 spiro atoms. The van der Waals surface area contributed by atoms with E-state index in [9.17, 15) is 0 Å². The van der Waals surface area contributed by atoms with Crippen LogP contribution in [0, 0.1) is 0 Å². The molecule has 3 aromatic heterocycles. The highest BCUT2D eigenvalue weighted by molar-refractivity contribution is 7.14. The molecule has 0 saturated carbocycles. The third-order valence-electron chi connectivity index (χ3n) is 3.83. The second-order valence-electron chi connectivity index (χ2n) is 5.50. The number of nitrogens with one attached hydrogen (secondary N) is 1. The summed E-state index contributed by atoms with van der Waals surface area (Å²) < 4.78 is 1.95. The molecule has 0 aliphatic heterocycles. The van der Waals surface area contributed by atoms with E-state index in [2.05, 4.69) is 40.4 Å². The number of benzene rings is 1. The molecule has 0 aliphatic rings. The largest absolute Gasteiger partial charge is 0.331 e. The van der Waals surface area contributed by atoms with E-state index in [0.29, 0.717) is 5.78 Å². The van der Waals surface area contributed by atoms with Crippen molar-refractivity contribution in [2.75, 3.05) is 5.32 Å². The van der Waals surface area contributed by atoms with E-state index in [1.165, 1.54) is 5.56 Å². The number of aryl methyl sites for hydroxylation is 1. The molecule has 0 radical (unpaired) electrons. The lowest BCUT2D eigenvalue weighted by atomic mass is 10.1. The molecule has 0 atom stereocenters. The van der Waals surface area contributed by atoms with Crippen LogP contribution in [0.3, 0.4) is 0 Å². The standard InChI is InChI=1S/C18H17N5S/c1-2-6-13-7-3-4-8-14(13)21-18-22-15(12-24-18)16-11-20-17-19-9-5-10-23(16)17/h3-5,7-12H,2,6H2,1H3,(H,21,22). The quantitative estimate of drug-likeness (QED) is 0.581. The van der Waals surface area contributed by atoms with Crippen molar-refractivity contribution >= 4 is 27.9 Å². The SMILES string of the molecule is CCCc1ccccc1Nc1nc(-c2cnc3ncccn23)cs1. The Morgan fingerprint density at radius 1 is 1.17 bits per heavy atom. The Morgan fingerprint density at radius 3 is 3.00 bits per heavy atom. The van der Waals surface area contributed by atoms with Crippen molar-refractivity contribution < 1.29 is 0 Å². The van der Waals surface area contributed by atoms with Crippen LogP contribution in [-0.4, -0.2) is 19.4 Å². The number of hydrogen-bond acceptors (Lipinski definition) is 5. The summed E-state index contributed by atoms with van der Waals surface area (Å²) in [6, 6.07) is 10.3. The van der Waals surface area contributed by atoms with Crippen LogP contribution in [0.4, 0.5) is 10.8 Å². The lowest BCUT2D eigenvalue weighted by Crippen LogP contribution is -1.95. The Bertz CT molecular complexity index is 972. The van der Waals surface area contributed by atoms with Gasteiger partial charge in [-0.1, -0.05) is 31.5 Å². The van der Waals surface area contributed by atoms with Gasteiger partial charge in [0.05, 0.1) is 11.9 Å². The third-order valence-corrected chi connectivity index (χ3v) is 4.59. The number of nitrogens with zero attached hydrogens (tertiary/aromatic N) is 4. The Labute approximate surface area is 144 Å². The maximum atomic E-state index is 4.72. The molecule has 120 valence electrons. The first kappa shape index (κ1) is 14.8. The molecule has 1 aromatic carbocycles. The maximum Gasteiger partial charge on any atom is 0.234 e. The smallest absolute Gasteiger partial charge is 0.234 e. The van der Waals surface area contributed by atoms with E-state index in [1.807, 2.05) is 34.3 Å². The van der Waals surface area contributed by atoms with Crippen molar-refractivity contribution in [1.82, 2.24) is 19.4 Å². The van der Waals surface area contributed by atoms with Crippen molar-refractivity contribution in [3.8, 4) is 11.4 Å². The van der Waals surface area contributed by atoms with Gasteiger partial charge in [-0.2, -0.15) is 0 Å². The molecule has 24 heavy (non-hydrogen) atoms. The van der Waals surface area contributed by atoms with Gasteiger partial charge in [0.1, 0.15) is 5.69 Å². The molecular weight excluding hydrogens is 318 g/mol. The van der Waals surface area contributed by atoms with Crippen molar-refractivity contribution in [2.24, 2.45) is 0 Å². The summed E-state index contributed by atoms with van der Waals surface area (Å²) in [5.41, 5.74) is 4.29. The minimum Gasteiger partial charge on any atom is -0.331 e. The lowest BCUT2D eigenvalue weighted by molar-refractivity contribution is 0.923. The summed E-state index contributed by atoms with van der Waals surface area (Å²) in [5, 5.41) is 6.37. The van der Waals surface area contributed by atoms with Crippen LogP contribution in [0.2, 0.25) is 0 Å². The maximum absolute atomic E-state index is 4.72. The molecule has 5 nitrogen and oxygen atoms in total. The first-order chi connectivity index (χ1) is 11.8. The molecule has 0 fully saturated rings. The Balaban J connectivity index is 1.64. The summed E-state index contributed by atoms with van der Waals surface area (Å²) in [4.78, 5) is 13.3. The number of anilines is 2. The van der Waals surface area contributed by atoms with Gasteiger partial charge in [-0.15, -0.1) is 11.3 Å². The van der Waals surface area contributed by atoms with Crippen LogP contribution in [0.1, 0.15) is 18.9 Å². The predicted octanol–water partition coefficient (Wildman–Crippen LogP) is 4.55. The molecule has 4 rings (SSSR count). The molecule has 0 saturated heterocycles. The van der Waals surface area contributed by atoms with Crippen LogP contribution in [0.25, 0.3) is 17.2 Å². The van der Waals surface area contributed by atoms with Gasteiger partial charge < -0.3 is 5.32 Å². The van der Waals surface area contributed by atoms with Crippen molar-refractivity contribution in [3.05, 3.63) is 59.9 Å². The van der Waals surface area contributed by atoms with E-state index >= 15 is 0 Å². The topological polar surface area (TPSA) is 55.1 Å². The Morgan fingerprint density at radius 2 is 2.08 bits per heavy atom. The minimum atomic E-state index is 0.684. The summed E-state index contributed by atoms with van der Waals surface area (Å²) >= 11 is 1.59. The van der Waals surface area contributed by atoms with Crippen molar-refractivity contribution in [2.45, 2.75) is 19.8 Å². The van der Waals surface area contributed by atoms with Gasteiger partial charge in [-0.25, -0.2) is 15.0 Å². The fourth-order valence-electron chi connectivity index (χ4n) is 2.71. The number of thiazole rings is 1. The fraction of sp³-hybridized carbons (Fsp3) is 0.167. The summed E-state index contributed by atoms with van der Waals surface area (Å²) in [7, 11) is 0. The van der Waals surface area contributed by atoms with Gasteiger partial charge in [0.25, 0.3) is 0 Å². The number of hydrogen-bond donors (Lipinski definition) is 1. The van der Waals surface area contributed by atoms with E-state index in [0.717, 1.165) is 35.0 Å². The second kappa shape index (κ2) is 6.41. The van der Waals surface area contributed by atoms with Gasteiger partial charge >= 0.3 is 0 Å². The molecule has 6 heteroatoms. The van der Waals surface area contributed by atoms with Crippen LogP contribution in [-0.2, 0) is 6.42 Å². The zero-order chi connectivity index (χ0) is 16.4. The fourth-order valence-corrected chi connectivity index (χ4v) is 3.43. The number of para-hydroxylation sites is 1. The number of rotatable bonds is 5. The summed E-state index contributed by atoms with van der Waals surface area (Å²) in [6.07, 6.45) is 7.68. The molecule has 1 N–H and O–H groups in total. The Kier molecular flexibility index (Phi) is 3.96. The second-order valence-corrected chi connectivity index (χ2v) is 6.36. The van der Waals surface area contributed by atoms with E-state index in [4.69, 9.17) is 4.98 Å². The van der Waals surface area contributed by atoms with Crippen LogP contribution in [0.5, 0.6) is 0 Å². The van der Waals surface area contributed by atoms with Crippen LogP contribution >= 0.6 is 11.3 Å². The van der Waals surface area contributed by atoms with Gasteiger partial charge in [0.15, 0.2) is 5.13 Å². The van der Waals surface area contributed by atoms with E-state index < -0.39 is 0 Å². The van der Waals surface area contributed by atoms with Gasteiger partial charge in [0, 0.05) is 23.5 Å². The molecule has 0 amide bonds. The summed E-state index contributed by atoms with van der Waals surface area (Å²) in [5.74, 6) is 0.684. The number of aromatic nitrogens is 4. The van der Waals surface area contributed by atoms with E-state index in [-0.39, 0.29) is 0 Å². The van der Waals surface area contributed by atoms with Crippen molar-refractivity contribution in [1.29, 1.82) is 0 Å². The monoisotopic (exact) mass is 335 g/mol. The first-order valence-corrected chi connectivity index (χ1v) is 8.82. The van der Waals surface area contributed by atoms with Gasteiger partial charge in [-0.3, -0.25) is 4.40 Å². The van der Waals surface area contributed by atoms with Gasteiger partial charge in [-0.05, 0) is 24.1 Å². The predicted molar refractivity (Wildman–Crippen MR) is 97.8 cm³/mol. The number of imidazole rings is 1.